The molecule has 1 heterocycles. The number of anilines is 2. The van der Waals surface area contributed by atoms with Crippen LogP contribution in [0.5, 0.6) is 0 Å². The smallest absolute Gasteiger partial charge is 0.133 e. The van der Waals surface area contributed by atoms with Crippen LogP contribution in [0.1, 0.15) is 46.0 Å². The zero-order valence-electron chi connectivity index (χ0n) is 10.7. The summed E-state index contributed by atoms with van der Waals surface area (Å²) >= 11 is 5.85. The van der Waals surface area contributed by atoms with Crippen molar-refractivity contribution in [2.45, 2.75) is 52.0 Å². The highest BCUT2D eigenvalue weighted by molar-refractivity contribution is 6.29. The molecule has 0 bridgehead atoms. The quantitative estimate of drug-likeness (QED) is 0.570. The third kappa shape index (κ3) is 5.78. The summed E-state index contributed by atoms with van der Waals surface area (Å²) < 4.78 is 0. The number of halogens is 1. The van der Waals surface area contributed by atoms with Crippen LogP contribution in [-0.2, 0) is 0 Å². The van der Waals surface area contributed by atoms with E-state index >= 15 is 0 Å². The lowest BCUT2D eigenvalue weighted by molar-refractivity contribution is 0.593. The Kier molecular flexibility index (Phi) is 6.12. The summed E-state index contributed by atoms with van der Waals surface area (Å²) in [6.45, 7) is 4.38. The SMILES string of the molecule is CCCCCCC(C)Nc1cc(N)cc(Cl)n1. The minimum atomic E-state index is 0.400. The van der Waals surface area contributed by atoms with Gasteiger partial charge in [-0.15, -0.1) is 0 Å². The van der Waals surface area contributed by atoms with Crippen molar-refractivity contribution in [3.63, 3.8) is 0 Å². The van der Waals surface area contributed by atoms with Gasteiger partial charge in [0.1, 0.15) is 11.0 Å². The van der Waals surface area contributed by atoms with Gasteiger partial charge < -0.3 is 11.1 Å². The van der Waals surface area contributed by atoms with E-state index in [1.165, 1.54) is 25.7 Å². The maximum atomic E-state index is 5.85. The predicted molar refractivity (Wildman–Crippen MR) is 75.5 cm³/mol. The number of pyridine rings is 1. The largest absolute Gasteiger partial charge is 0.399 e. The van der Waals surface area contributed by atoms with E-state index in [2.05, 4.69) is 24.1 Å². The Labute approximate surface area is 109 Å². The van der Waals surface area contributed by atoms with Gasteiger partial charge in [0.15, 0.2) is 0 Å². The monoisotopic (exact) mass is 255 g/mol. The van der Waals surface area contributed by atoms with E-state index in [1.54, 1.807) is 6.07 Å². The number of nitrogen functional groups attached to an aromatic ring is 1. The molecule has 0 amide bonds. The normalized spacial score (nSPS) is 12.4. The van der Waals surface area contributed by atoms with E-state index in [-0.39, 0.29) is 0 Å². The third-order valence-corrected chi connectivity index (χ3v) is 2.90. The van der Waals surface area contributed by atoms with Crippen LogP contribution in [0.4, 0.5) is 11.5 Å². The Hall–Kier alpha value is -0.960. The van der Waals surface area contributed by atoms with Gasteiger partial charge in [0.25, 0.3) is 0 Å². The van der Waals surface area contributed by atoms with Crippen molar-refractivity contribution in [1.29, 1.82) is 0 Å². The summed E-state index contributed by atoms with van der Waals surface area (Å²) in [5.74, 6) is 0.762. The molecule has 1 unspecified atom stereocenters. The van der Waals surface area contributed by atoms with Crippen LogP contribution in [-0.4, -0.2) is 11.0 Å². The highest BCUT2D eigenvalue weighted by Crippen LogP contribution is 2.17. The summed E-state index contributed by atoms with van der Waals surface area (Å²) in [4.78, 5) is 4.19. The van der Waals surface area contributed by atoms with Crippen molar-refractivity contribution < 1.29 is 0 Å². The standard InChI is InChI=1S/C13H22ClN3/c1-3-4-5-6-7-10(2)16-13-9-11(15)8-12(14)17-13/h8-10H,3-7H2,1-2H3,(H3,15,16,17). The fourth-order valence-electron chi connectivity index (χ4n) is 1.79. The Morgan fingerprint density at radius 2 is 2.12 bits per heavy atom. The van der Waals surface area contributed by atoms with E-state index < -0.39 is 0 Å². The van der Waals surface area contributed by atoms with Gasteiger partial charge in [-0.3, -0.25) is 0 Å². The van der Waals surface area contributed by atoms with E-state index in [9.17, 15) is 0 Å². The number of hydrogen-bond donors (Lipinski definition) is 2. The Morgan fingerprint density at radius 3 is 2.76 bits per heavy atom. The van der Waals surface area contributed by atoms with Crippen molar-refractivity contribution in [2.24, 2.45) is 0 Å². The highest BCUT2D eigenvalue weighted by Gasteiger charge is 2.04. The molecule has 0 saturated heterocycles. The maximum absolute atomic E-state index is 5.85. The molecule has 0 aliphatic carbocycles. The fraction of sp³-hybridized carbons (Fsp3) is 0.615. The summed E-state index contributed by atoms with van der Waals surface area (Å²) in [5, 5.41) is 3.76. The highest BCUT2D eigenvalue weighted by atomic mass is 35.5. The molecule has 1 rings (SSSR count). The zero-order valence-corrected chi connectivity index (χ0v) is 11.4. The topological polar surface area (TPSA) is 50.9 Å². The number of nitrogens with two attached hydrogens (primary N) is 1. The summed E-state index contributed by atoms with van der Waals surface area (Å²) in [5.41, 5.74) is 6.35. The number of hydrogen-bond acceptors (Lipinski definition) is 3. The van der Waals surface area contributed by atoms with Crippen LogP contribution in [0.15, 0.2) is 12.1 Å². The van der Waals surface area contributed by atoms with Gasteiger partial charge in [-0.05, 0) is 19.4 Å². The molecule has 0 aliphatic heterocycles. The first-order valence-electron chi connectivity index (χ1n) is 6.31. The molecule has 3 N–H and O–H groups in total. The molecular formula is C13H22ClN3. The molecule has 0 saturated carbocycles. The lowest BCUT2D eigenvalue weighted by Crippen LogP contribution is -2.16. The Morgan fingerprint density at radius 1 is 1.35 bits per heavy atom. The molecule has 96 valence electrons. The molecule has 0 spiro atoms. The van der Waals surface area contributed by atoms with Crippen LogP contribution in [0, 0.1) is 0 Å². The Bertz CT molecular complexity index is 321. The zero-order chi connectivity index (χ0) is 12.7. The Balaban J connectivity index is 2.36. The number of aromatic nitrogens is 1. The molecule has 0 aliphatic rings. The summed E-state index contributed by atoms with van der Waals surface area (Å²) in [6.07, 6.45) is 6.28. The van der Waals surface area contributed by atoms with Gasteiger partial charge in [0.2, 0.25) is 0 Å². The molecule has 1 aromatic rings. The van der Waals surface area contributed by atoms with Crippen molar-refractivity contribution in [1.82, 2.24) is 4.98 Å². The summed E-state index contributed by atoms with van der Waals surface area (Å²) in [7, 11) is 0. The molecule has 0 fully saturated rings. The number of nitrogens with zero attached hydrogens (tertiary/aromatic N) is 1. The average molecular weight is 256 g/mol. The lowest BCUT2D eigenvalue weighted by atomic mass is 10.1. The molecule has 3 nitrogen and oxygen atoms in total. The van der Waals surface area contributed by atoms with E-state index in [4.69, 9.17) is 17.3 Å². The molecule has 17 heavy (non-hydrogen) atoms. The van der Waals surface area contributed by atoms with Gasteiger partial charge in [0.05, 0.1) is 0 Å². The molecular weight excluding hydrogens is 234 g/mol. The van der Waals surface area contributed by atoms with Gasteiger partial charge in [-0.25, -0.2) is 4.98 Å². The van der Waals surface area contributed by atoms with Crippen molar-refractivity contribution in [3.05, 3.63) is 17.3 Å². The van der Waals surface area contributed by atoms with E-state index in [0.717, 1.165) is 12.2 Å². The second kappa shape index (κ2) is 7.38. The molecule has 0 radical (unpaired) electrons. The van der Waals surface area contributed by atoms with Crippen LogP contribution in [0.25, 0.3) is 0 Å². The number of unbranched alkanes of at least 4 members (excludes halogenated alkanes) is 3. The van der Waals surface area contributed by atoms with Gasteiger partial charge in [0, 0.05) is 17.8 Å². The maximum Gasteiger partial charge on any atom is 0.133 e. The molecule has 1 atom stereocenters. The minimum absolute atomic E-state index is 0.400. The molecule has 0 aromatic carbocycles. The molecule has 4 heteroatoms. The fourth-order valence-corrected chi connectivity index (χ4v) is 2.01. The van der Waals surface area contributed by atoms with Crippen molar-refractivity contribution in [2.75, 3.05) is 11.1 Å². The molecule has 1 aromatic heterocycles. The lowest BCUT2D eigenvalue weighted by Gasteiger charge is -2.14. The van der Waals surface area contributed by atoms with Crippen molar-refractivity contribution >= 4 is 23.1 Å². The van der Waals surface area contributed by atoms with Crippen LogP contribution in [0.3, 0.4) is 0 Å². The van der Waals surface area contributed by atoms with Crippen LogP contribution in [0.2, 0.25) is 5.15 Å². The van der Waals surface area contributed by atoms with Gasteiger partial charge >= 0.3 is 0 Å². The van der Waals surface area contributed by atoms with Gasteiger partial charge in [-0.1, -0.05) is 44.2 Å². The third-order valence-electron chi connectivity index (χ3n) is 2.70. The van der Waals surface area contributed by atoms with E-state index in [0.29, 0.717) is 16.9 Å². The summed E-state index contributed by atoms with van der Waals surface area (Å²) in [6, 6.07) is 3.87. The van der Waals surface area contributed by atoms with E-state index in [1.807, 2.05) is 6.07 Å². The second-order valence-corrected chi connectivity index (χ2v) is 4.89. The average Bonchev–Trinajstić information content (AvgIpc) is 2.23. The minimum Gasteiger partial charge on any atom is -0.399 e. The van der Waals surface area contributed by atoms with Crippen LogP contribution >= 0.6 is 11.6 Å². The van der Waals surface area contributed by atoms with Crippen molar-refractivity contribution in [3.8, 4) is 0 Å². The predicted octanol–water partition coefficient (Wildman–Crippen LogP) is 4.09. The van der Waals surface area contributed by atoms with Crippen LogP contribution < -0.4 is 11.1 Å². The second-order valence-electron chi connectivity index (χ2n) is 4.50. The first-order chi connectivity index (χ1) is 8.11. The number of nitrogens with one attached hydrogen (secondary N) is 1. The van der Waals surface area contributed by atoms with Gasteiger partial charge in [-0.2, -0.15) is 0 Å². The first kappa shape index (κ1) is 14.1. The number of rotatable bonds is 7. The first-order valence-corrected chi connectivity index (χ1v) is 6.69.